The lowest BCUT2D eigenvalue weighted by atomic mass is 10.3. The zero-order chi connectivity index (χ0) is 8.27. The Morgan fingerprint density at radius 1 is 1.82 bits per heavy atom. The lowest BCUT2D eigenvalue weighted by Crippen LogP contribution is -2.24. The van der Waals surface area contributed by atoms with Gasteiger partial charge in [0.25, 0.3) is 0 Å². The van der Waals surface area contributed by atoms with Gasteiger partial charge in [0, 0.05) is 5.92 Å². The average Bonchev–Trinajstić information content (AvgIpc) is 2.67. The Balaban J connectivity index is 2.46. The third-order valence-electron chi connectivity index (χ3n) is 1.86. The highest BCUT2D eigenvalue weighted by Crippen LogP contribution is 2.38. The summed E-state index contributed by atoms with van der Waals surface area (Å²) in [6.07, 6.45) is 1.71. The fraction of sp³-hybridized carbons (Fsp3) is 0.714. The van der Waals surface area contributed by atoms with Crippen LogP contribution in [0.4, 0.5) is 0 Å². The summed E-state index contributed by atoms with van der Waals surface area (Å²) in [5.41, 5.74) is 0. The van der Waals surface area contributed by atoms with Crippen LogP contribution < -0.4 is 5.32 Å². The molecule has 0 spiro atoms. The van der Waals surface area contributed by atoms with E-state index in [1.165, 1.54) is 7.11 Å². The molecule has 0 aromatic heterocycles. The van der Waals surface area contributed by atoms with Crippen molar-refractivity contribution in [2.75, 3.05) is 7.11 Å². The summed E-state index contributed by atoms with van der Waals surface area (Å²) in [5, 5.41) is 6.22. The van der Waals surface area contributed by atoms with Gasteiger partial charge in [0.15, 0.2) is 5.84 Å². The molecule has 1 saturated carbocycles. The summed E-state index contributed by atoms with van der Waals surface area (Å²) in [7, 11) is 1.47. The van der Waals surface area contributed by atoms with E-state index in [-0.39, 0.29) is 0 Å². The molecule has 1 fully saturated rings. The molecule has 1 rings (SSSR count). The molecule has 1 N–H and O–H groups in total. The van der Waals surface area contributed by atoms with Crippen molar-refractivity contribution in [3.63, 3.8) is 0 Å². The van der Waals surface area contributed by atoms with Crippen LogP contribution in [0, 0.1) is 11.8 Å². The van der Waals surface area contributed by atoms with Crippen LogP contribution >= 0.6 is 0 Å². The molecule has 0 aromatic carbocycles. The zero-order valence-electron chi connectivity index (χ0n) is 6.70. The Morgan fingerprint density at radius 2 is 2.45 bits per heavy atom. The lowest BCUT2D eigenvalue weighted by Gasteiger charge is -1.99. The molecule has 1 aliphatic rings. The van der Waals surface area contributed by atoms with E-state index in [0.29, 0.717) is 24.1 Å². The fourth-order valence-corrected chi connectivity index (χ4v) is 1.06. The van der Waals surface area contributed by atoms with Crippen LogP contribution in [0.15, 0.2) is 5.16 Å². The Bertz CT molecular complexity index is 179. The Hall–Kier alpha value is -1.06. The highest BCUT2D eigenvalue weighted by molar-refractivity contribution is 5.93. The molecule has 4 heteroatoms. The summed E-state index contributed by atoms with van der Waals surface area (Å²) in [4.78, 5) is 14.7. The number of hydrogen-bond donors (Lipinski definition) is 1. The minimum Gasteiger partial charge on any atom is -0.398 e. The van der Waals surface area contributed by atoms with Crippen molar-refractivity contribution in [3.05, 3.63) is 0 Å². The van der Waals surface area contributed by atoms with Crippen LogP contribution in [0.5, 0.6) is 0 Å². The number of amidine groups is 1. The molecule has 0 saturated heterocycles. The van der Waals surface area contributed by atoms with Crippen LogP contribution in [-0.4, -0.2) is 19.4 Å². The lowest BCUT2D eigenvalue weighted by molar-refractivity contribution is -0.108. The van der Waals surface area contributed by atoms with E-state index in [0.717, 1.165) is 6.42 Å². The van der Waals surface area contributed by atoms with Crippen molar-refractivity contribution in [1.82, 2.24) is 5.32 Å². The van der Waals surface area contributed by atoms with Gasteiger partial charge in [-0.15, -0.1) is 0 Å². The molecule has 1 aliphatic carbocycles. The molecule has 2 atom stereocenters. The van der Waals surface area contributed by atoms with Gasteiger partial charge in [-0.05, 0) is 12.3 Å². The molecule has 0 aromatic rings. The Kier molecular flexibility index (Phi) is 2.46. The van der Waals surface area contributed by atoms with Crippen LogP contribution in [0.3, 0.4) is 0 Å². The topological polar surface area (TPSA) is 50.7 Å². The molecule has 0 heterocycles. The summed E-state index contributed by atoms with van der Waals surface area (Å²) >= 11 is 0. The summed E-state index contributed by atoms with van der Waals surface area (Å²) in [6.45, 7) is 2.11. The van der Waals surface area contributed by atoms with Crippen LogP contribution in [0.25, 0.3) is 0 Å². The van der Waals surface area contributed by atoms with Crippen LogP contribution in [0.1, 0.15) is 13.3 Å². The smallest absolute Gasteiger partial charge is 0.212 e. The standard InChI is InChI=1S/C7H12N2O2/c1-5-3-6(5)7(8-4-10)9-11-2/h4-6H,3H2,1-2H3,(H,8,9,10). The van der Waals surface area contributed by atoms with Gasteiger partial charge in [-0.25, -0.2) is 0 Å². The highest BCUT2D eigenvalue weighted by atomic mass is 16.6. The molecule has 1 amide bonds. The van der Waals surface area contributed by atoms with E-state index < -0.39 is 0 Å². The average molecular weight is 156 g/mol. The van der Waals surface area contributed by atoms with E-state index in [2.05, 4.69) is 22.2 Å². The number of nitrogens with one attached hydrogen (secondary N) is 1. The van der Waals surface area contributed by atoms with Crippen molar-refractivity contribution in [1.29, 1.82) is 0 Å². The molecule has 4 nitrogen and oxygen atoms in total. The summed E-state index contributed by atoms with van der Waals surface area (Å²) in [6, 6.07) is 0. The Morgan fingerprint density at radius 3 is 2.82 bits per heavy atom. The zero-order valence-corrected chi connectivity index (χ0v) is 6.70. The van der Waals surface area contributed by atoms with Crippen LogP contribution in [-0.2, 0) is 9.63 Å². The number of rotatable bonds is 3. The van der Waals surface area contributed by atoms with Gasteiger partial charge in [-0.2, -0.15) is 0 Å². The van der Waals surface area contributed by atoms with Gasteiger partial charge in [0.2, 0.25) is 6.41 Å². The molecule has 11 heavy (non-hydrogen) atoms. The first kappa shape index (κ1) is 8.04. The van der Waals surface area contributed by atoms with Gasteiger partial charge < -0.3 is 10.2 Å². The minimum absolute atomic E-state index is 0.389. The highest BCUT2D eigenvalue weighted by Gasteiger charge is 2.37. The summed E-state index contributed by atoms with van der Waals surface area (Å²) < 4.78 is 0. The normalized spacial score (nSPS) is 29.5. The molecule has 0 bridgehead atoms. The van der Waals surface area contributed by atoms with Crippen molar-refractivity contribution in [2.24, 2.45) is 17.0 Å². The van der Waals surface area contributed by atoms with Crippen molar-refractivity contribution in [2.45, 2.75) is 13.3 Å². The maximum atomic E-state index is 10.1. The first-order valence-corrected chi connectivity index (χ1v) is 3.60. The van der Waals surface area contributed by atoms with E-state index in [1.54, 1.807) is 0 Å². The van der Waals surface area contributed by atoms with Gasteiger partial charge in [-0.1, -0.05) is 12.1 Å². The van der Waals surface area contributed by atoms with Crippen molar-refractivity contribution in [3.8, 4) is 0 Å². The third-order valence-corrected chi connectivity index (χ3v) is 1.86. The second-order valence-corrected chi connectivity index (χ2v) is 2.74. The molecule has 62 valence electrons. The second kappa shape index (κ2) is 3.37. The predicted octanol–water partition coefficient (Wildman–Crippen LogP) is 0.348. The number of hydrogen-bond acceptors (Lipinski definition) is 3. The number of amides is 1. The van der Waals surface area contributed by atoms with Gasteiger partial charge >= 0.3 is 0 Å². The van der Waals surface area contributed by atoms with Gasteiger partial charge in [-0.3, -0.25) is 4.79 Å². The van der Waals surface area contributed by atoms with E-state index in [1.807, 2.05) is 0 Å². The van der Waals surface area contributed by atoms with Crippen molar-refractivity contribution < 1.29 is 9.63 Å². The largest absolute Gasteiger partial charge is 0.398 e. The SMILES string of the molecule is CO/N=C(\NC=O)C1CC1C. The summed E-state index contributed by atoms with van der Waals surface area (Å²) in [5.74, 6) is 1.66. The second-order valence-electron chi connectivity index (χ2n) is 2.74. The maximum absolute atomic E-state index is 10.1. The first-order valence-electron chi connectivity index (χ1n) is 3.60. The van der Waals surface area contributed by atoms with E-state index in [9.17, 15) is 4.79 Å². The number of oxime groups is 1. The number of carbonyl (C=O) groups excluding carboxylic acids is 1. The maximum Gasteiger partial charge on any atom is 0.212 e. The van der Waals surface area contributed by atoms with Crippen molar-refractivity contribution >= 4 is 12.2 Å². The molecule has 0 radical (unpaired) electrons. The molecular formula is C7H12N2O2. The third kappa shape index (κ3) is 1.93. The number of carbonyl (C=O) groups is 1. The Labute approximate surface area is 65.6 Å². The molecule has 0 aliphatic heterocycles. The van der Waals surface area contributed by atoms with Gasteiger partial charge in [0.1, 0.15) is 7.11 Å². The molecular weight excluding hydrogens is 144 g/mol. The van der Waals surface area contributed by atoms with Gasteiger partial charge in [0.05, 0.1) is 0 Å². The minimum atomic E-state index is 0.389. The monoisotopic (exact) mass is 156 g/mol. The van der Waals surface area contributed by atoms with Crippen LogP contribution in [0.2, 0.25) is 0 Å². The fourth-order valence-electron chi connectivity index (χ4n) is 1.06. The first-order chi connectivity index (χ1) is 5.29. The van der Waals surface area contributed by atoms with E-state index >= 15 is 0 Å². The van der Waals surface area contributed by atoms with E-state index in [4.69, 9.17) is 0 Å². The quantitative estimate of drug-likeness (QED) is 0.277. The molecule has 2 unspecified atom stereocenters. The predicted molar refractivity (Wildman–Crippen MR) is 40.9 cm³/mol. The number of nitrogens with zero attached hydrogens (tertiary/aromatic N) is 1.